The first-order chi connectivity index (χ1) is 17.0. The highest BCUT2D eigenvalue weighted by Gasteiger charge is 2.20. The second kappa shape index (κ2) is 12.4. The molecule has 0 fully saturated rings. The van der Waals surface area contributed by atoms with Gasteiger partial charge in [-0.3, -0.25) is 14.3 Å². The molecule has 1 aromatic heterocycles. The van der Waals surface area contributed by atoms with Gasteiger partial charge in [-0.1, -0.05) is 41.5 Å². The van der Waals surface area contributed by atoms with Crippen LogP contribution < -0.4 is 25.0 Å². The highest BCUT2D eigenvalue weighted by Crippen LogP contribution is 2.20. The molecule has 188 valence electrons. The van der Waals surface area contributed by atoms with Crippen molar-refractivity contribution in [3.8, 4) is 6.07 Å². The van der Waals surface area contributed by atoms with E-state index in [1.165, 1.54) is 21.7 Å². The molecule has 1 N–H and O–H groups in total. The average molecular weight is 509 g/mol. The molecule has 10 heteroatoms. The molecule has 36 heavy (non-hydrogen) atoms. The van der Waals surface area contributed by atoms with E-state index < -0.39 is 17.7 Å². The van der Waals surface area contributed by atoms with Crippen molar-refractivity contribution in [1.82, 2.24) is 4.57 Å². The van der Waals surface area contributed by atoms with Crippen LogP contribution in [0.15, 0.2) is 53.5 Å². The second-order valence-electron chi connectivity index (χ2n) is 8.31. The number of rotatable bonds is 7. The molecule has 2 aromatic rings. The summed E-state index contributed by atoms with van der Waals surface area (Å²) in [6, 6.07) is 8.83. The Morgan fingerprint density at radius 3 is 2.67 bits per heavy atom. The van der Waals surface area contributed by atoms with Crippen LogP contribution >= 0.6 is 11.3 Å². The normalized spacial score (nSPS) is 10.2. The van der Waals surface area contributed by atoms with Crippen molar-refractivity contribution in [3.05, 3.63) is 68.2 Å². The van der Waals surface area contributed by atoms with Gasteiger partial charge in [-0.15, -0.1) is 0 Å². The van der Waals surface area contributed by atoms with Crippen LogP contribution in [0, 0.1) is 11.3 Å². The predicted octanol–water partition coefficient (Wildman–Crippen LogP) is 2.86. The molecular formula is C26H28N4O5S. The third kappa shape index (κ3) is 7.62. The topological polar surface area (TPSA) is 114 Å². The number of carbonyl (C=O) groups is 2. The van der Waals surface area contributed by atoms with Gasteiger partial charge in [0.25, 0.3) is 5.56 Å². The molecule has 0 aliphatic carbocycles. The molecule has 1 heterocycles. The number of ether oxygens (including phenoxy) is 2. The quantitative estimate of drug-likeness (QED) is 0.265. The van der Waals surface area contributed by atoms with Crippen LogP contribution in [0.5, 0.6) is 0 Å². The Kier molecular flexibility index (Phi) is 9.66. The van der Waals surface area contributed by atoms with Crippen LogP contribution in [0.1, 0.15) is 27.7 Å². The maximum absolute atomic E-state index is 12.8. The van der Waals surface area contributed by atoms with Crippen molar-refractivity contribution in [1.29, 1.82) is 5.26 Å². The van der Waals surface area contributed by atoms with E-state index in [0.29, 0.717) is 22.6 Å². The number of esters is 1. The molecule has 0 unspecified atom stereocenters. The maximum Gasteiger partial charge on any atom is 0.414 e. The smallest absolute Gasteiger partial charge is 0.414 e. The summed E-state index contributed by atoms with van der Waals surface area (Å²) < 4.78 is 12.2. The lowest BCUT2D eigenvalue weighted by Crippen LogP contribution is -2.34. The second-order valence-corrected chi connectivity index (χ2v) is 9.31. The molecular weight excluding hydrogens is 480 g/mol. The first-order valence-electron chi connectivity index (χ1n) is 11.0. The van der Waals surface area contributed by atoms with Crippen molar-refractivity contribution in [2.75, 3.05) is 23.9 Å². The summed E-state index contributed by atoms with van der Waals surface area (Å²) in [5, 5.41) is 12.3. The van der Waals surface area contributed by atoms with Gasteiger partial charge in [-0.05, 0) is 45.9 Å². The molecule has 0 bridgehead atoms. The number of benzene rings is 1. The SMILES string of the molecule is C=CCOC(=O)C(=C=c1sc(=C=CNc2cccc(N(C)C(=O)OC(C)(C)C)c2)c(=O)n1CC)C#N. The summed E-state index contributed by atoms with van der Waals surface area (Å²) in [5.74, 6) is -0.847. The molecule has 0 aliphatic heterocycles. The van der Waals surface area contributed by atoms with E-state index in [2.05, 4.69) is 23.4 Å². The van der Waals surface area contributed by atoms with E-state index in [1.54, 1.807) is 65.1 Å². The van der Waals surface area contributed by atoms with Crippen molar-refractivity contribution in [2.24, 2.45) is 0 Å². The number of thiazole rings is 1. The lowest BCUT2D eigenvalue weighted by Gasteiger charge is -2.24. The van der Waals surface area contributed by atoms with Gasteiger partial charge in [0, 0.05) is 31.2 Å². The highest BCUT2D eigenvalue weighted by molar-refractivity contribution is 7.07. The summed E-state index contributed by atoms with van der Waals surface area (Å²) in [6.45, 7) is 10.9. The molecule has 0 saturated carbocycles. The fraction of sp³-hybridized carbons (Fsp3) is 0.308. The zero-order valence-electron chi connectivity index (χ0n) is 20.9. The van der Waals surface area contributed by atoms with E-state index in [0.717, 1.165) is 11.3 Å². The summed E-state index contributed by atoms with van der Waals surface area (Å²) >= 11 is 1.04. The van der Waals surface area contributed by atoms with Gasteiger partial charge in [-0.25, -0.2) is 9.59 Å². The number of amides is 1. The van der Waals surface area contributed by atoms with E-state index in [-0.39, 0.29) is 22.3 Å². The van der Waals surface area contributed by atoms with Crippen LogP contribution in [-0.4, -0.2) is 35.9 Å². The van der Waals surface area contributed by atoms with Crippen LogP contribution in [0.2, 0.25) is 0 Å². The Morgan fingerprint density at radius 1 is 1.33 bits per heavy atom. The lowest BCUT2D eigenvalue weighted by molar-refractivity contribution is -0.137. The number of anilines is 2. The minimum Gasteiger partial charge on any atom is -0.457 e. The maximum atomic E-state index is 12.8. The number of nitrogens with zero attached hydrogens (tertiary/aromatic N) is 3. The van der Waals surface area contributed by atoms with Gasteiger partial charge in [0.1, 0.15) is 27.5 Å². The van der Waals surface area contributed by atoms with Gasteiger partial charge in [0.15, 0.2) is 5.57 Å². The molecule has 0 atom stereocenters. The molecule has 0 spiro atoms. The summed E-state index contributed by atoms with van der Waals surface area (Å²) in [6.07, 6.45) is 2.37. The van der Waals surface area contributed by atoms with Crippen molar-refractivity contribution in [3.63, 3.8) is 0 Å². The highest BCUT2D eigenvalue weighted by atomic mass is 32.1. The lowest BCUT2D eigenvalue weighted by atomic mass is 10.2. The zero-order chi connectivity index (χ0) is 26.9. The van der Waals surface area contributed by atoms with Crippen molar-refractivity contribution < 1.29 is 19.1 Å². The molecule has 0 radical (unpaired) electrons. The van der Waals surface area contributed by atoms with E-state index >= 15 is 0 Å². The van der Waals surface area contributed by atoms with Gasteiger partial charge >= 0.3 is 12.1 Å². The molecule has 9 nitrogen and oxygen atoms in total. The Morgan fingerprint density at radius 2 is 2.06 bits per heavy atom. The van der Waals surface area contributed by atoms with Gasteiger partial charge in [0.05, 0.1) is 0 Å². The van der Waals surface area contributed by atoms with Crippen LogP contribution in [-0.2, 0) is 20.8 Å². The predicted molar refractivity (Wildman–Crippen MR) is 140 cm³/mol. The molecule has 0 saturated heterocycles. The Bertz CT molecular complexity index is 1440. The molecule has 1 amide bonds. The summed E-state index contributed by atoms with van der Waals surface area (Å²) in [7, 11) is 1.61. The third-order valence-electron chi connectivity index (χ3n) is 4.42. The van der Waals surface area contributed by atoms with Gasteiger partial charge in [0.2, 0.25) is 0 Å². The largest absolute Gasteiger partial charge is 0.457 e. The number of hydrogen-bond acceptors (Lipinski definition) is 8. The number of nitriles is 1. The Balaban J connectivity index is 2.41. The monoisotopic (exact) mass is 508 g/mol. The number of aromatic nitrogens is 1. The fourth-order valence-corrected chi connectivity index (χ4v) is 3.73. The number of hydrogen-bond donors (Lipinski definition) is 1. The van der Waals surface area contributed by atoms with Crippen LogP contribution in [0.4, 0.5) is 16.2 Å². The molecule has 2 rings (SSSR count). The van der Waals surface area contributed by atoms with Crippen LogP contribution in [0.25, 0.3) is 11.5 Å². The minimum atomic E-state index is -0.847. The van der Waals surface area contributed by atoms with E-state index in [1.807, 2.05) is 0 Å². The third-order valence-corrected chi connectivity index (χ3v) is 5.43. The Labute approximate surface area is 213 Å². The number of carbonyl (C=O) groups excluding carboxylic acids is 2. The fourth-order valence-electron chi connectivity index (χ4n) is 2.75. The van der Waals surface area contributed by atoms with Gasteiger partial charge in [-0.2, -0.15) is 5.26 Å². The summed E-state index contributed by atoms with van der Waals surface area (Å²) in [4.78, 5) is 38.5. The van der Waals surface area contributed by atoms with E-state index in [9.17, 15) is 19.6 Å². The Hall–Kier alpha value is -4.28. The first kappa shape index (κ1) is 28.0. The summed E-state index contributed by atoms with van der Waals surface area (Å²) in [5.41, 5.74) is 5.55. The number of nitrogens with one attached hydrogen (secondary N) is 1. The standard InChI is InChI=1S/C26H28N4O5S/c1-7-14-34-24(32)18(17-27)15-22-30(8-2)23(31)21(36-22)12-13-28-19-10-9-11-20(16-19)29(6)25(33)35-26(3,4)5/h7,9-11,13,16,28H,1,8,14H2,2-6H3. The van der Waals surface area contributed by atoms with Crippen molar-refractivity contribution in [2.45, 2.75) is 39.8 Å². The molecule has 0 aliphatic rings. The van der Waals surface area contributed by atoms with Crippen LogP contribution in [0.3, 0.4) is 0 Å². The van der Waals surface area contributed by atoms with Crippen molar-refractivity contribution >= 4 is 46.2 Å². The van der Waals surface area contributed by atoms with E-state index in [4.69, 9.17) is 9.47 Å². The first-order valence-corrected chi connectivity index (χ1v) is 11.8. The molecule has 1 aromatic carbocycles. The zero-order valence-corrected chi connectivity index (χ0v) is 21.7. The average Bonchev–Trinajstić information content (AvgIpc) is 3.13. The minimum absolute atomic E-state index is 0.0427. The van der Waals surface area contributed by atoms with Gasteiger partial charge < -0.3 is 14.8 Å².